The molecule has 1 amide bonds. The summed E-state index contributed by atoms with van der Waals surface area (Å²) in [5, 5.41) is 2.86. The minimum Gasteiger partial charge on any atom is -0.384 e. The van der Waals surface area contributed by atoms with Crippen LogP contribution in [0.15, 0.2) is 48.7 Å². The Morgan fingerprint density at radius 3 is 2.70 bits per heavy atom. The van der Waals surface area contributed by atoms with Gasteiger partial charge in [-0.05, 0) is 17.7 Å². The van der Waals surface area contributed by atoms with Crippen molar-refractivity contribution in [1.29, 1.82) is 0 Å². The van der Waals surface area contributed by atoms with E-state index in [0.29, 0.717) is 12.4 Å². The Kier molecular flexibility index (Phi) is 4.85. The average Bonchev–Trinajstić information content (AvgIpc) is 2.49. The van der Waals surface area contributed by atoms with Gasteiger partial charge in [-0.25, -0.2) is 4.98 Å². The van der Waals surface area contributed by atoms with E-state index in [1.165, 1.54) is 0 Å². The number of methoxy groups -OCH3 is 1. The van der Waals surface area contributed by atoms with Gasteiger partial charge in [0.1, 0.15) is 5.82 Å². The number of benzene rings is 1. The topological polar surface area (TPSA) is 51.2 Å². The summed E-state index contributed by atoms with van der Waals surface area (Å²) in [6.45, 7) is 2.21. The number of rotatable bonds is 5. The molecule has 2 rings (SSSR count). The molecule has 0 radical (unpaired) electrons. The van der Waals surface area contributed by atoms with Crippen LogP contribution in [-0.2, 0) is 9.53 Å². The molecule has 0 saturated heterocycles. The number of ether oxygens (including phenoxy) is 1. The molecule has 0 aliphatic rings. The molecule has 1 aromatic carbocycles. The Bertz CT molecular complexity index is 570. The van der Waals surface area contributed by atoms with Crippen LogP contribution in [0.4, 0.5) is 5.82 Å². The summed E-state index contributed by atoms with van der Waals surface area (Å²) in [5.41, 5.74) is 1.93. The van der Waals surface area contributed by atoms with Crippen molar-refractivity contribution in [2.75, 3.05) is 19.0 Å². The minimum absolute atomic E-state index is 0.0947. The summed E-state index contributed by atoms with van der Waals surface area (Å²) in [6.07, 6.45) is 1.67. The fourth-order valence-electron chi connectivity index (χ4n) is 1.92. The van der Waals surface area contributed by atoms with Crippen molar-refractivity contribution in [2.24, 2.45) is 5.92 Å². The summed E-state index contributed by atoms with van der Waals surface area (Å²) in [5.74, 6) is 0.264. The smallest absolute Gasteiger partial charge is 0.230 e. The Labute approximate surface area is 118 Å². The quantitative estimate of drug-likeness (QED) is 0.908. The van der Waals surface area contributed by atoms with Crippen LogP contribution in [-0.4, -0.2) is 24.6 Å². The molecule has 0 bridgehead atoms. The average molecular weight is 270 g/mol. The SMILES string of the molecule is COC[C@@H](C)C(=O)Nc1ncccc1-c1ccccc1. The molecule has 0 saturated carbocycles. The fourth-order valence-corrected chi connectivity index (χ4v) is 1.92. The first-order valence-electron chi connectivity index (χ1n) is 6.52. The van der Waals surface area contributed by atoms with Crippen molar-refractivity contribution in [3.63, 3.8) is 0 Å². The van der Waals surface area contributed by atoms with Gasteiger partial charge in [-0.3, -0.25) is 4.79 Å². The predicted molar refractivity (Wildman–Crippen MR) is 79.3 cm³/mol. The first-order valence-corrected chi connectivity index (χ1v) is 6.52. The highest BCUT2D eigenvalue weighted by Crippen LogP contribution is 2.25. The number of hydrogen-bond donors (Lipinski definition) is 1. The monoisotopic (exact) mass is 270 g/mol. The Morgan fingerprint density at radius 2 is 2.00 bits per heavy atom. The first-order chi connectivity index (χ1) is 9.72. The van der Waals surface area contributed by atoms with Gasteiger partial charge < -0.3 is 10.1 Å². The van der Waals surface area contributed by atoms with Gasteiger partial charge in [0, 0.05) is 18.9 Å². The molecule has 1 N–H and O–H groups in total. The zero-order valence-electron chi connectivity index (χ0n) is 11.7. The van der Waals surface area contributed by atoms with Crippen LogP contribution < -0.4 is 5.32 Å². The summed E-state index contributed by atoms with van der Waals surface area (Å²) >= 11 is 0. The van der Waals surface area contributed by atoms with Gasteiger partial charge >= 0.3 is 0 Å². The number of carbonyl (C=O) groups excluding carboxylic acids is 1. The van der Waals surface area contributed by atoms with E-state index in [1.54, 1.807) is 13.3 Å². The van der Waals surface area contributed by atoms with Crippen LogP contribution in [0.25, 0.3) is 11.1 Å². The predicted octanol–water partition coefficient (Wildman–Crippen LogP) is 2.97. The first kappa shape index (κ1) is 14.2. The number of carbonyl (C=O) groups is 1. The lowest BCUT2D eigenvalue weighted by atomic mass is 10.1. The lowest BCUT2D eigenvalue weighted by Crippen LogP contribution is -2.24. The molecule has 0 fully saturated rings. The molecule has 104 valence electrons. The molecule has 1 heterocycles. The van der Waals surface area contributed by atoms with Crippen molar-refractivity contribution < 1.29 is 9.53 Å². The maximum Gasteiger partial charge on any atom is 0.230 e. The van der Waals surface area contributed by atoms with Crippen molar-refractivity contribution in [3.05, 3.63) is 48.7 Å². The standard InChI is InChI=1S/C16H18N2O2/c1-12(11-20-2)16(19)18-15-14(9-6-10-17-15)13-7-4-3-5-8-13/h3-10,12H,11H2,1-2H3,(H,17,18,19)/t12-/m1/s1. The second-order valence-corrected chi connectivity index (χ2v) is 4.61. The molecule has 1 aromatic heterocycles. The number of hydrogen-bond acceptors (Lipinski definition) is 3. The summed E-state index contributed by atoms with van der Waals surface area (Å²) in [4.78, 5) is 16.3. The number of nitrogens with one attached hydrogen (secondary N) is 1. The van der Waals surface area contributed by atoms with E-state index < -0.39 is 0 Å². The normalized spacial score (nSPS) is 11.9. The molecule has 0 unspecified atom stereocenters. The highest BCUT2D eigenvalue weighted by molar-refractivity contribution is 5.95. The van der Waals surface area contributed by atoms with E-state index in [1.807, 2.05) is 49.4 Å². The second kappa shape index (κ2) is 6.82. The van der Waals surface area contributed by atoms with Gasteiger partial charge in [-0.1, -0.05) is 37.3 Å². The van der Waals surface area contributed by atoms with E-state index in [9.17, 15) is 4.79 Å². The largest absolute Gasteiger partial charge is 0.384 e. The molecule has 20 heavy (non-hydrogen) atoms. The molecular weight excluding hydrogens is 252 g/mol. The van der Waals surface area contributed by atoms with Crippen LogP contribution >= 0.6 is 0 Å². The second-order valence-electron chi connectivity index (χ2n) is 4.61. The number of anilines is 1. The van der Waals surface area contributed by atoms with E-state index in [0.717, 1.165) is 11.1 Å². The maximum absolute atomic E-state index is 12.1. The number of aromatic nitrogens is 1. The van der Waals surface area contributed by atoms with E-state index in [2.05, 4.69) is 10.3 Å². The molecule has 1 atom stereocenters. The van der Waals surface area contributed by atoms with Crippen molar-refractivity contribution in [3.8, 4) is 11.1 Å². The molecular formula is C16H18N2O2. The third-order valence-corrected chi connectivity index (χ3v) is 3.00. The van der Waals surface area contributed by atoms with Gasteiger partial charge in [0.2, 0.25) is 5.91 Å². The number of nitrogens with zero attached hydrogens (tertiary/aromatic N) is 1. The van der Waals surface area contributed by atoms with E-state index in [4.69, 9.17) is 4.74 Å². The number of pyridine rings is 1. The highest BCUT2D eigenvalue weighted by atomic mass is 16.5. The van der Waals surface area contributed by atoms with Crippen molar-refractivity contribution in [2.45, 2.75) is 6.92 Å². The molecule has 4 nitrogen and oxygen atoms in total. The van der Waals surface area contributed by atoms with Crippen molar-refractivity contribution in [1.82, 2.24) is 4.98 Å². The van der Waals surface area contributed by atoms with Crippen LogP contribution in [0.2, 0.25) is 0 Å². The molecule has 2 aromatic rings. The lowest BCUT2D eigenvalue weighted by Gasteiger charge is -2.13. The maximum atomic E-state index is 12.1. The van der Waals surface area contributed by atoms with Crippen LogP contribution in [0.3, 0.4) is 0 Å². The van der Waals surface area contributed by atoms with Crippen molar-refractivity contribution >= 4 is 11.7 Å². The number of amides is 1. The fraction of sp³-hybridized carbons (Fsp3) is 0.250. The minimum atomic E-state index is -0.217. The van der Waals surface area contributed by atoms with Gasteiger partial charge in [0.15, 0.2) is 0 Å². The molecule has 0 spiro atoms. The van der Waals surface area contributed by atoms with Gasteiger partial charge in [-0.2, -0.15) is 0 Å². The molecule has 0 aliphatic heterocycles. The van der Waals surface area contributed by atoms with Crippen LogP contribution in [0.5, 0.6) is 0 Å². The summed E-state index contributed by atoms with van der Waals surface area (Å²) in [6, 6.07) is 13.7. The molecule has 4 heteroatoms. The summed E-state index contributed by atoms with van der Waals surface area (Å²) in [7, 11) is 1.58. The van der Waals surface area contributed by atoms with E-state index >= 15 is 0 Å². The lowest BCUT2D eigenvalue weighted by molar-refractivity contribution is -0.120. The third-order valence-electron chi connectivity index (χ3n) is 3.00. The Balaban J connectivity index is 2.23. The zero-order chi connectivity index (χ0) is 14.4. The Hall–Kier alpha value is -2.20. The molecule has 0 aliphatic carbocycles. The van der Waals surface area contributed by atoms with Gasteiger partial charge in [0.25, 0.3) is 0 Å². The van der Waals surface area contributed by atoms with Gasteiger partial charge in [-0.15, -0.1) is 0 Å². The zero-order valence-corrected chi connectivity index (χ0v) is 11.7. The van der Waals surface area contributed by atoms with Crippen LogP contribution in [0.1, 0.15) is 6.92 Å². The highest BCUT2D eigenvalue weighted by Gasteiger charge is 2.15. The van der Waals surface area contributed by atoms with E-state index in [-0.39, 0.29) is 11.8 Å². The van der Waals surface area contributed by atoms with Gasteiger partial charge in [0.05, 0.1) is 12.5 Å². The van der Waals surface area contributed by atoms with Crippen LogP contribution in [0, 0.1) is 5.92 Å². The Morgan fingerprint density at radius 1 is 1.25 bits per heavy atom. The summed E-state index contributed by atoms with van der Waals surface area (Å²) < 4.78 is 5.00. The third kappa shape index (κ3) is 3.42.